The molecule has 0 bridgehead atoms. The standard InChI is InChI=1S/C18H27NO2SSi/c1-13-16(12-21-23(5,6)18(2,3)4)19-17(22-13)15-9-7-8-14(10-15)11-20/h7-10,20H,11-12H2,1-6H3. The van der Waals surface area contributed by atoms with Gasteiger partial charge in [0.1, 0.15) is 5.01 Å². The Morgan fingerprint density at radius 1 is 1.26 bits per heavy atom. The minimum atomic E-state index is -1.76. The zero-order chi connectivity index (χ0) is 17.3. The third kappa shape index (κ3) is 4.29. The van der Waals surface area contributed by atoms with E-state index < -0.39 is 8.32 Å². The fraction of sp³-hybridized carbons (Fsp3) is 0.500. The Labute approximate surface area is 144 Å². The van der Waals surface area contributed by atoms with E-state index in [4.69, 9.17) is 9.41 Å². The van der Waals surface area contributed by atoms with E-state index in [-0.39, 0.29) is 11.6 Å². The van der Waals surface area contributed by atoms with Crippen LogP contribution in [-0.2, 0) is 17.6 Å². The largest absolute Gasteiger partial charge is 0.411 e. The molecule has 2 rings (SSSR count). The van der Waals surface area contributed by atoms with Gasteiger partial charge >= 0.3 is 0 Å². The van der Waals surface area contributed by atoms with Gasteiger partial charge in [0.2, 0.25) is 0 Å². The summed E-state index contributed by atoms with van der Waals surface area (Å²) in [5.41, 5.74) is 3.00. The van der Waals surface area contributed by atoms with E-state index >= 15 is 0 Å². The van der Waals surface area contributed by atoms with Gasteiger partial charge in [-0.1, -0.05) is 39.0 Å². The van der Waals surface area contributed by atoms with Gasteiger partial charge in [-0.15, -0.1) is 11.3 Å². The van der Waals surface area contributed by atoms with E-state index in [1.54, 1.807) is 11.3 Å². The lowest BCUT2D eigenvalue weighted by Gasteiger charge is -2.36. The molecule has 2 aromatic rings. The second kappa shape index (κ2) is 6.85. The fourth-order valence-corrected chi connectivity index (χ4v) is 3.80. The smallest absolute Gasteiger partial charge is 0.192 e. The Hall–Kier alpha value is -1.01. The summed E-state index contributed by atoms with van der Waals surface area (Å²) in [5, 5.41) is 10.5. The summed E-state index contributed by atoms with van der Waals surface area (Å²) in [5.74, 6) is 0. The maximum absolute atomic E-state index is 9.29. The Bertz CT molecular complexity index is 674. The number of thiazole rings is 1. The predicted octanol–water partition coefficient (Wildman–Crippen LogP) is 5.13. The molecular formula is C18H27NO2SSi. The van der Waals surface area contributed by atoms with Gasteiger partial charge in [0, 0.05) is 10.4 Å². The molecule has 0 saturated carbocycles. The number of hydrogen-bond donors (Lipinski definition) is 1. The Morgan fingerprint density at radius 3 is 2.57 bits per heavy atom. The van der Waals surface area contributed by atoms with Crippen molar-refractivity contribution in [2.75, 3.05) is 0 Å². The SMILES string of the molecule is Cc1sc(-c2cccc(CO)c2)nc1CO[Si](C)(C)C(C)(C)C. The van der Waals surface area contributed by atoms with Crippen molar-refractivity contribution < 1.29 is 9.53 Å². The van der Waals surface area contributed by atoms with Crippen molar-refractivity contribution in [2.45, 2.75) is 59.0 Å². The minimum Gasteiger partial charge on any atom is -0.411 e. The lowest BCUT2D eigenvalue weighted by Crippen LogP contribution is -2.40. The van der Waals surface area contributed by atoms with Crippen molar-refractivity contribution >= 4 is 19.7 Å². The lowest BCUT2D eigenvalue weighted by atomic mass is 10.1. The fourth-order valence-electron chi connectivity index (χ4n) is 1.95. The average molecular weight is 350 g/mol. The first-order valence-electron chi connectivity index (χ1n) is 7.94. The molecule has 0 aliphatic heterocycles. The highest BCUT2D eigenvalue weighted by Crippen LogP contribution is 2.37. The normalized spacial score (nSPS) is 12.7. The molecule has 1 aromatic heterocycles. The number of benzene rings is 1. The molecule has 0 atom stereocenters. The summed E-state index contributed by atoms with van der Waals surface area (Å²) in [6.07, 6.45) is 0. The molecule has 1 aromatic carbocycles. The van der Waals surface area contributed by atoms with Crippen LogP contribution < -0.4 is 0 Å². The highest BCUT2D eigenvalue weighted by Gasteiger charge is 2.37. The molecule has 0 unspecified atom stereocenters. The lowest BCUT2D eigenvalue weighted by molar-refractivity contribution is 0.272. The molecule has 1 N–H and O–H groups in total. The molecular weight excluding hydrogens is 322 g/mol. The second-order valence-corrected chi connectivity index (χ2v) is 13.4. The topological polar surface area (TPSA) is 42.4 Å². The van der Waals surface area contributed by atoms with Crippen LogP contribution in [0.25, 0.3) is 10.6 Å². The summed E-state index contributed by atoms with van der Waals surface area (Å²) >= 11 is 1.69. The van der Waals surface area contributed by atoms with E-state index in [2.05, 4.69) is 40.8 Å². The number of nitrogens with zero attached hydrogens (tertiary/aromatic N) is 1. The quantitative estimate of drug-likeness (QED) is 0.761. The van der Waals surface area contributed by atoms with E-state index in [0.717, 1.165) is 21.8 Å². The second-order valence-electron chi connectivity index (χ2n) is 7.43. The number of rotatable bonds is 5. The first kappa shape index (κ1) is 18.3. The van der Waals surface area contributed by atoms with Gasteiger partial charge in [-0.25, -0.2) is 4.98 Å². The zero-order valence-electron chi connectivity index (χ0n) is 14.9. The molecule has 126 valence electrons. The van der Waals surface area contributed by atoms with Crippen LogP contribution in [0.3, 0.4) is 0 Å². The highest BCUT2D eigenvalue weighted by molar-refractivity contribution is 7.15. The highest BCUT2D eigenvalue weighted by atomic mass is 32.1. The molecule has 0 aliphatic carbocycles. The average Bonchev–Trinajstić information content (AvgIpc) is 2.85. The summed E-state index contributed by atoms with van der Waals surface area (Å²) < 4.78 is 6.30. The van der Waals surface area contributed by atoms with Crippen molar-refractivity contribution in [2.24, 2.45) is 0 Å². The molecule has 0 amide bonds. The monoisotopic (exact) mass is 349 g/mol. The van der Waals surface area contributed by atoms with Gasteiger partial charge < -0.3 is 9.53 Å². The van der Waals surface area contributed by atoms with E-state index in [1.807, 2.05) is 24.3 Å². The summed E-state index contributed by atoms with van der Waals surface area (Å²) in [4.78, 5) is 5.98. The maximum Gasteiger partial charge on any atom is 0.192 e. The van der Waals surface area contributed by atoms with Crippen molar-refractivity contribution in [3.8, 4) is 10.6 Å². The van der Waals surface area contributed by atoms with Crippen LogP contribution in [0.15, 0.2) is 24.3 Å². The van der Waals surface area contributed by atoms with E-state index in [9.17, 15) is 5.11 Å². The first-order valence-corrected chi connectivity index (χ1v) is 11.7. The number of aromatic nitrogens is 1. The van der Waals surface area contributed by atoms with Gasteiger partial charge in [-0.05, 0) is 36.7 Å². The Morgan fingerprint density at radius 2 is 1.96 bits per heavy atom. The van der Waals surface area contributed by atoms with Crippen molar-refractivity contribution in [1.29, 1.82) is 0 Å². The summed E-state index contributed by atoms with van der Waals surface area (Å²) in [6, 6.07) is 7.92. The number of aryl methyl sites for hydroxylation is 1. The van der Waals surface area contributed by atoms with Gasteiger partial charge in [0.05, 0.1) is 18.9 Å². The van der Waals surface area contributed by atoms with Gasteiger partial charge in [-0.3, -0.25) is 0 Å². The van der Waals surface area contributed by atoms with Crippen LogP contribution in [0.2, 0.25) is 18.1 Å². The van der Waals surface area contributed by atoms with Crippen LogP contribution in [0, 0.1) is 6.92 Å². The van der Waals surface area contributed by atoms with Crippen molar-refractivity contribution in [3.05, 3.63) is 40.4 Å². The minimum absolute atomic E-state index is 0.0551. The summed E-state index contributed by atoms with van der Waals surface area (Å²) in [6.45, 7) is 14.0. The van der Waals surface area contributed by atoms with Crippen LogP contribution in [0.4, 0.5) is 0 Å². The van der Waals surface area contributed by atoms with Crippen molar-refractivity contribution in [1.82, 2.24) is 4.98 Å². The van der Waals surface area contributed by atoms with Crippen LogP contribution in [0.5, 0.6) is 0 Å². The molecule has 1 heterocycles. The van der Waals surface area contributed by atoms with Crippen LogP contribution in [-0.4, -0.2) is 18.4 Å². The third-order valence-electron chi connectivity index (χ3n) is 4.63. The van der Waals surface area contributed by atoms with E-state index in [0.29, 0.717) is 6.61 Å². The number of aliphatic hydroxyl groups excluding tert-OH is 1. The first-order chi connectivity index (χ1) is 10.6. The molecule has 3 nitrogen and oxygen atoms in total. The zero-order valence-corrected chi connectivity index (χ0v) is 16.8. The van der Waals surface area contributed by atoms with Crippen molar-refractivity contribution in [3.63, 3.8) is 0 Å². The van der Waals surface area contributed by atoms with E-state index in [1.165, 1.54) is 4.88 Å². The van der Waals surface area contributed by atoms with Gasteiger partial charge in [0.25, 0.3) is 0 Å². The van der Waals surface area contributed by atoms with Crippen LogP contribution >= 0.6 is 11.3 Å². The molecule has 0 aliphatic rings. The number of aliphatic hydroxyl groups is 1. The third-order valence-corrected chi connectivity index (χ3v) is 10.2. The molecule has 0 radical (unpaired) electrons. The van der Waals surface area contributed by atoms with Gasteiger partial charge in [-0.2, -0.15) is 0 Å². The molecule has 0 fully saturated rings. The Balaban J connectivity index is 2.18. The summed E-state index contributed by atoms with van der Waals surface area (Å²) in [7, 11) is -1.76. The van der Waals surface area contributed by atoms with Crippen LogP contribution in [0.1, 0.15) is 36.9 Å². The Kier molecular flexibility index (Phi) is 5.46. The maximum atomic E-state index is 9.29. The van der Waals surface area contributed by atoms with Gasteiger partial charge in [0.15, 0.2) is 8.32 Å². The molecule has 23 heavy (non-hydrogen) atoms. The molecule has 0 spiro atoms. The number of hydrogen-bond acceptors (Lipinski definition) is 4. The predicted molar refractivity (Wildman–Crippen MR) is 100 cm³/mol. The molecule has 0 saturated heterocycles. The molecule has 5 heteroatoms.